The van der Waals surface area contributed by atoms with E-state index in [1.165, 1.54) is 6.42 Å². The molecule has 1 aliphatic rings. The normalized spacial score (nSPS) is 21.4. The molecule has 1 rings (SSSR count). The molecule has 2 heteroatoms. The molecule has 0 amide bonds. The Balaban J connectivity index is 2.17. The molecule has 0 aromatic carbocycles. The first-order valence-corrected chi connectivity index (χ1v) is 4.42. The smallest absolute Gasteiger partial charge is 0.136 e. The van der Waals surface area contributed by atoms with E-state index in [0.29, 0.717) is 0 Å². The molecule has 0 radical (unpaired) electrons. The maximum absolute atomic E-state index is 10.4. The molecule has 0 aliphatic heterocycles. The Bertz CT molecular complexity index is 107. The van der Waals surface area contributed by atoms with Crippen LogP contribution < -0.4 is 0 Å². The molecule has 0 N–H and O–H groups in total. The van der Waals surface area contributed by atoms with Crippen LogP contribution in [0, 0.1) is 0 Å². The van der Waals surface area contributed by atoms with Crippen molar-refractivity contribution in [3.63, 3.8) is 0 Å². The lowest BCUT2D eigenvalue weighted by Gasteiger charge is -2.02. The van der Waals surface area contributed by atoms with E-state index in [-0.39, 0.29) is 4.75 Å². The Hall–Kier alpha value is 0.0200. The van der Waals surface area contributed by atoms with Crippen LogP contribution in [0.1, 0.15) is 26.2 Å². The fraction of sp³-hybridized carbons (Fsp3) is 0.857. The minimum absolute atomic E-state index is 0.0794. The first-order chi connectivity index (χ1) is 4.33. The monoisotopic (exact) mass is 144 g/mol. The lowest BCUT2D eigenvalue weighted by molar-refractivity contribution is -0.107. The molecule has 1 fully saturated rings. The van der Waals surface area contributed by atoms with E-state index in [2.05, 4.69) is 6.92 Å². The third-order valence-corrected chi connectivity index (χ3v) is 3.24. The van der Waals surface area contributed by atoms with Crippen molar-refractivity contribution in [2.75, 3.05) is 5.75 Å². The van der Waals surface area contributed by atoms with Gasteiger partial charge in [0.15, 0.2) is 0 Å². The number of rotatable bonds is 4. The second-order valence-corrected chi connectivity index (χ2v) is 4.04. The third kappa shape index (κ3) is 1.71. The minimum atomic E-state index is 0.0794. The predicted octanol–water partition coefficient (Wildman–Crippen LogP) is 1.86. The highest BCUT2D eigenvalue weighted by Crippen LogP contribution is 2.46. The van der Waals surface area contributed by atoms with E-state index in [1.807, 2.05) is 11.8 Å². The van der Waals surface area contributed by atoms with Crippen LogP contribution in [0.15, 0.2) is 0 Å². The van der Waals surface area contributed by atoms with Crippen molar-refractivity contribution in [2.45, 2.75) is 30.9 Å². The highest BCUT2D eigenvalue weighted by Gasteiger charge is 2.42. The summed E-state index contributed by atoms with van der Waals surface area (Å²) >= 11 is 1.82. The third-order valence-electron chi connectivity index (χ3n) is 1.55. The Labute approximate surface area is 60.2 Å². The van der Waals surface area contributed by atoms with Gasteiger partial charge in [-0.05, 0) is 25.0 Å². The lowest BCUT2D eigenvalue weighted by atomic mass is 10.5. The highest BCUT2D eigenvalue weighted by molar-refractivity contribution is 8.01. The molecule has 0 bridgehead atoms. The molecule has 1 saturated carbocycles. The van der Waals surface area contributed by atoms with E-state index < -0.39 is 0 Å². The van der Waals surface area contributed by atoms with E-state index >= 15 is 0 Å². The van der Waals surface area contributed by atoms with Gasteiger partial charge in [0, 0.05) is 0 Å². The molecule has 0 aromatic rings. The van der Waals surface area contributed by atoms with Crippen LogP contribution in [0.4, 0.5) is 0 Å². The Morgan fingerprint density at radius 1 is 1.67 bits per heavy atom. The molecule has 0 spiro atoms. The van der Waals surface area contributed by atoms with Gasteiger partial charge < -0.3 is 4.79 Å². The van der Waals surface area contributed by atoms with Crippen molar-refractivity contribution < 1.29 is 4.79 Å². The van der Waals surface area contributed by atoms with E-state index in [1.54, 1.807) is 0 Å². The highest BCUT2D eigenvalue weighted by atomic mass is 32.2. The Kier molecular flexibility index (Phi) is 2.17. The maximum Gasteiger partial charge on any atom is 0.136 e. The molecule has 9 heavy (non-hydrogen) atoms. The van der Waals surface area contributed by atoms with Crippen LogP contribution in [0.5, 0.6) is 0 Å². The summed E-state index contributed by atoms with van der Waals surface area (Å²) in [6, 6.07) is 0. The number of carbonyl (C=O) groups is 1. The molecular weight excluding hydrogens is 132 g/mol. The maximum atomic E-state index is 10.4. The van der Waals surface area contributed by atoms with E-state index in [0.717, 1.165) is 24.9 Å². The molecule has 1 aliphatic carbocycles. The van der Waals surface area contributed by atoms with Gasteiger partial charge in [0.2, 0.25) is 0 Å². The largest absolute Gasteiger partial charge is 0.302 e. The summed E-state index contributed by atoms with van der Waals surface area (Å²) in [7, 11) is 0. The molecule has 0 atom stereocenters. The summed E-state index contributed by atoms with van der Waals surface area (Å²) in [6.45, 7) is 2.15. The lowest BCUT2D eigenvalue weighted by Crippen LogP contribution is -2.03. The van der Waals surface area contributed by atoms with Crippen LogP contribution in [0.2, 0.25) is 0 Å². The van der Waals surface area contributed by atoms with Gasteiger partial charge in [-0.1, -0.05) is 6.92 Å². The standard InChI is InChI=1S/C7H12OS/c1-2-5-9-7(6-8)3-4-7/h6H,2-5H2,1H3. The van der Waals surface area contributed by atoms with E-state index in [4.69, 9.17) is 0 Å². The predicted molar refractivity (Wildman–Crippen MR) is 40.8 cm³/mol. The number of carbonyl (C=O) groups excluding carboxylic acids is 1. The van der Waals surface area contributed by atoms with Crippen molar-refractivity contribution in [1.29, 1.82) is 0 Å². The van der Waals surface area contributed by atoms with Gasteiger partial charge in [-0.15, -0.1) is 11.8 Å². The zero-order valence-electron chi connectivity index (χ0n) is 5.72. The van der Waals surface area contributed by atoms with Crippen molar-refractivity contribution >= 4 is 18.0 Å². The van der Waals surface area contributed by atoms with Crippen LogP contribution in [0.3, 0.4) is 0 Å². The van der Waals surface area contributed by atoms with Crippen LogP contribution in [-0.2, 0) is 4.79 Å². The molecule has 0 heterocycles. The van der Waals surface area contributed by atoms with Gasteiger partial charge in [0.1, 0.15) is 6.29 Å². The van der Waals surface area contributed by atoms with Crippen LogP contribution in [0.25, 0.3) is 0 Å². The van der Waals surface area contributed by atoms with E-state index in [9.17, 15) is 4.79 Å². The molecule has 0 aromatic heterocycles. The summed E-state index contributed by atoms with van der Waals surface area (Å²) in [5, 5.41) is 0. The van der Waals surface area contributed by atoms with Crippen molar-refractivity contribution in [1.82, 2.24) is 0 Å². The fourth-order valence-corrected chi connectivity index (χ4v) is 1.79. The van der Waals surface area contributed by atoms with Gasteiger partial charge in [-0.25, -0.2) is 0 Å². The van der Waals surface area contributed by atoms with Gasteiger partial charge in [0.25, 0.3) is 0 Å². The quantitative estimate of drug-likeness (QED) is 0.560. The summed E-state index contributed by atoms with van der Waals surface area (Å²) in [5.41, 5.74) is 0. The minimum Gasteiger partial charge on any atom is -0.302 e. The Morgan fingerprint density at radius 3 is 2.67 bits per heavy atom. The summed E-state index contributed by atoms with van der Waals surface area (Å²) in [6.07, 6.45) is 4.52. The SMILES string of the molecule is CCCSC1(C=O)CC1. The molecule has 0 unspecified atom stereocenters. The summed E-state index contributed by atoms with van der Waals surface area (Å²) < 4.78 is 0.0794. The second kappa shape index (κ2) is 2.74. The second-order valence-electron chi connectivity index (χ2n) is 2.53. The average Bonchev–Trinajstić information content (AvgIpc) is 2.65. The zero-order chi connectivity index (χ0) is 6.74. The number of hydrogen-bond donors (Lipinski definition) is 0. The van der Waals surface area contributed by atoms with Crippen molar-refractivity contribution in [3.8, 4) is 0 Å². The van der Waals surface area contributed by atoms with Gasteiger partial charge in [0.05, 0.1) is 4.75 Å². The van der Waals surface area contributed by atoms with Gasteiger partial charge in [-0.3, -0.25) is 0 Å². The number of aldehydes is 1. The molecule has 0 saturated heterocycles. The van der Waals surface area contributed by atoms with Crippen LogP contribution >= 0.6 is 11.8 Å². The molecular formula is C7H12OS. The molecule has 1 nitrogen and oxygen atoms in total. The number of hydrogen-bond acceptors (Lipinski definition) is 2. The number of thioether (sulfide) groups is 1. The van der Waals surface area contributed by atoms with Gasteiger partial charge >= 0.3 is 0 Å². The zero-order valence-corrected chi connectivity index (χ0v) is 6.54. The van der Waals surface area contributed by atoms with Gasteiger partial charge in [-0.2, -0.15) is 0 Å². The van der Waals surface area contributed by atoms with Crippen LogP contribution in [-0.4, -0.2) is 16.8 Å². The average molecular weight is 144 g/mol. The van der Waals surface area contributed by atoms with Crippen molar-refractivity contribution in [2.24, 2.45) is 0 Å². The summed E-state index contributed by atoms with van der Waals surface area (Å²) in [5.74, 6) is 1.14. The van der Waals surface area contributed by atoms with Crippen molar-refractivity contribution in [3.05, 3.63) is 0 Å². The molecule has 52 valence electrons. The summed E-state index contributed by atoms with van der Waals surface area (Å²) in [4.78, 5) is 10.4. The Morgan fingerprint density at radius 2 is 2.33 bits per heavy atom. The topological polar surface area (TPSA) is 17.1 Å². The first kappa shape index (κ1) is 7.13. The first-order valence-electron chi connectivity index (χ1n) is 3.43. The fourth-order valence-electron chi connectivity index (χ4n) is 0.725.